The minimum atomic E-state index is -0.964. The Hall–Kier alpha value is -1.06. The molecule has 0 saturated carbocycles. The highest BCUT2D eigenvalue weighted by molar-refractivity contribution is 5.83. The predicted molar refractivity (Wildman–Crippen MR) is 58.5 cm³/mol. The van der Waals surface area contributed by atoms with Crippen molar-refractivity contribution >= 4 is 11.9 Å². The van der Waals surface area contributed by atoms with Crippen molar-refractivity contribution in [3.63, 3.8) is 0 Å². The van der Waals surface area contributed by atoms with E-state index in [9.17, 15) is 9.59 Å². The maximum atomic E-state index is 11.4. The number of carbonyl (C=O) groups is 2. The molecule has 1 atom stereocenters. The van der Waals surface area contributed by atoms with Gasteiger partial charge >= 0.3 is 5.97 Å². The van der Waals surface area contributed by atoms with Gasteiger partial charge in [0.2, 0.25) is 5.91 Å². The third-order valence-electron chi connectivity index (χ3n) is 2.26. The summed E-state index contributed by atoms with van der Waals surface area (Å²) in [6, 6.07) is -0.765. The Morgan fingerprint density at radius 3 is 2.27 bits per heavy atom. The number of carboxylic acid groups (broad SMARTS) is 1. The first-order valence-corrected chi connectivity index (χ1v) is 5.51. The molecule has 88 valence electrons. The number of nitrogens with one attached hydrogen (secondary N) is 1. The van der Waals surface area contributed by atoms with E-state index in [1.165, 1.54) is 0 Å². The largest absolute Gasteiger partial charge is 0.480 e. The van der Waals surface area contributed by atoms with Crippen LogP contribution in [0.15, 0.2) is 0 Å². The van der Waals surface area contributed by atoms with Crippen molar-refractivity contribution in [1.82, 2.24) is 5.32 Å². The van der Waals surface area contributed by atoms with Gasteiger partial charge in [0.1, 0.15) is 6.04 Å². The van der Waals surface area contributed by atoms with Crippen LogP contribution < -0.4 is 5.32 Å². The van der Waals surface area contributed by atoms with Crippen LogP contribution in [0, 0.1) is 5.92 Å². The second-order valence-electron chi connectivity index (χ2n) is 4.08. The fourth-order valence-corrected chi connectivity index (χ4v) is 1.29. The van der Waals surface area contributed by atoms with Gasteiger partial charge in [0, 0.05) is 6.42 Å². The number of hydrogen-bond donors (Lipinski definition) is 2. The lowest BCUT2D eigenvalue weighted by molar-refractivity contribution is -0.143. The van der Waals surface area contributed by atoms with Gasteiger partial charge in [0.25, 0.3) is 0 Å². The topological polar surface area (TPSA) is 66.4 Å². The zero-order valence-electron chi connectivity index (χ0n) is 9.75. The van der Waals surface area contributed by atoms with E-state index in [0.717, 1.165) is 19.3 Å². The second-order valence-corrected chi connectivity index (χ2v) is 4.08. The fraction of sp³-hybridized carbons (Fsp3) is 0.818. The van der Waals surface area contributed by atoms with Crippen molar-refractivity contribution in [2.45, 2.75) is 52.5 Å². The van der Waals surface area contributed by atoms with Gasteiger partial charge in [0.05, 0.1) is 0 Å². The molecule has 4 heteroatoms. The lowest BCUT2D eigenvalue weighted by atomic mass is 10.0. The first-order valence-electron chi connectivity index (χ1n) is 5.51. The lowest BCUT2D eigenvalue weighted by Gasteiger charge is -2.17. The van der Waals surface area contributed by atoms with Gasteiger partial charge in [-0.1, -0.05) is 33.6 Å². The highest BCUT2D eigenvalue weighted by Crippen LogP contribution is 2.04. The van der Waals surface area contributed by atoms with Gasteiger partial charge in [-0.25, -0.2) is 4.79 Å². The standard InChI is InChI=1S/C11H21NO3/c1-4-5-6-7-9(13)12-10(8(2)3)11(14)15/h8,10H,4-7H2,1-3H3,(H,12,13)(H,14,15). The van der Waals surface area contributed by atoms with E-state index in [1.807, 2.05) is 0 Å². The summed E-state index contributed by atoms with van der Waals surface area (Å²) in [5, 5.41) is 11.4. The Bertz CT molecular complexity index is 214. The van der Waals surface area contributed by atoms with Crippen molar-refractivity contribution in [3.8, 4) is 0 Å². The molecule has 4 nitrogen and oxygen atoms in total. The van der Waals surface area contributed by atoms with E-state index < -0.39 is 12.0 Å². The number of hydrogen-bond acceptors (Lipinski definition) is 2. The van der Waals surface area contributed by atoms with E-state index in [-0.39, 0.29) is 11.8 Å². The molecule has 0 bridgehead atoms. The summed E-state index contributed by atoms with van der Waals surface area (Å²) in [7, 11) is 0. The molecule has 2 N–H and O–H groups in total. The molecule has 0 radical (unpaired) electrons. The molecule has 0 saturated heterocycles. The Kier molecular flexibility index (Phi) is 6.75. The molecule has 0 spiro atoms. The molecule has 0 fully saturated rings. The van der Waals surface area contributed by atoms with Gasteiger partial charge in [-0.05, 0) is 12.3 Å². The summed E-state index contributed by atoms with van der Waals surface area (Å²) in [6.07, 6.45) is 3.31. The first-order chi connectivity index (χ1) is 6.99. The van der Waals surface area contributed by atoms with E-state index >= 15 is 0 Å². The average molecular weight is 215 g/mol. The maximum Gasteiger partial charge on any atom is 0.326 e. The van der Waals surface area contributed by atoms with Crippen LogP contribution in [0.5, 0.6) is 0 Å². The molecule has 0 heterocycles. The van der Waals surface area contributed by atoms with E-state index in [2.05, 4.69) is 12.2 Å². The van der Waals surface area contributed by atoms with Crippen LogP contribution >= 0.6 is 0 Å². The molecule has 1 unspecified atom stereocenters. The molecule has 0 aliphatic heterocycles. The monoisotopic (exact) mass is 215 g/mol. The molecule has 0 aromatic rings. The fourth-order valence-electron chi connectivity index (χ4n) is 1.29. The Labute approximate surface area is 91.1 Å². The smallest absolute Gasteiger partial charge is 0.326 e. The highest BCUT2D eigenvalue weighted by Gasteiger charge is 2.22. The predicted octanol–water partition coefficient (Wildman–Crippen LogP) is 1.79. The minimum absolute atomic E-state index is 0.0855. The zero-order chi connectivity index (χ0) is 11.8. The molecular formula is C11H21NO3. The summed E-state index contributed by atoms with van der Waals surface area (Å²) in [5.74, 6) is -1.21. The molecule has 0 aliphatic carbocycles. The van der Waals surface area contributed by atoms with Crippen LogP contribution in [0.3, 0.4) is 0 Å². The zero-order valence-corrected chi connectivity index (χ0v) is 9.75. The molecule has 0 aromatic carbocycles. The molecule has 0 rings (SSSR count). The summed E-state index contributed by atoms with van der Waals surface area (Å²) < 4.78 is 0. The van der Waals surface area contributed by atoms with Gasteiger partial charge in [-0.15, -0.1) is 0 Å². The van der Waals surface area contributed by atoms with Crippen LogP contribution in [0.2, 0.25) is 0 Å². The third-order valence-corrected chi connectivity index (χ3v) is 2.26. The SMILES string of the molecule is CCCCCC(=O)NC(C(=O)O)C(C)C. The molecule has 0 aromatic heterocycles. The Morgan fingerprint density at radius 2 is 1.87 bits per heavy atom. The highest BCUT2D eigenvalue weighted by atomic mass is 16.4. The second kappa shape index (κ2) is 7.26. The van der Waals surface area contributed by atoms with Crippen molar-refractivity contribution in [1.29, 1.82) is 0 Å². The van der Waals surface area contributed by atoms with Gasteiger partial charge < -0.3 is 10.4 Å². The molecule has 0 aliphatic rings. The quantitative estimate of drug-likeness (QED) is 0.636. The molecule has 15 heavy (non-hydrogen) atoms. The van der Waals surface area contributed by atoms with Crippen LogP contribution in [-0.4, -0.2) is 23.0 Å². The molecule has 1 amide bonds. The number of carbonyl (C=O) groups excluding carboxylic acids is 1. The van der Waals surface area contributed by atoms with Crippen LogP contribution in [0.25, 0.3) is 0 Å². The number of rotatable bonds is 7. The summed E-state index contributed by atoms with van der Waals surface area (Å²) in [6.45, 7) is 5.63. The normalized spacial score (nSPS) is 12.5. The van der Waals surface area contributed by atoms with Crippen molar-refractivity contribution in [2.24, 2.45) is 5.92 Å². The van der Waals surface area contributed by atoms with Crippen molar-refractivity contribution in [2.75, 3.05) is 0 Å². The van der Waals surface area contributed by atoms with Crippen LogP contribution in [-0.2, 0) is 9.59 Å². The first kappa shape index (κ1) is 13.9. The van der Waals surface area contributed by atoms with Crippen LogP contribution in [0.4, 0.5) is 0 Å². The Balaban J connectivity index is 3.95. The Morgan fingerprint density at radius 1 is 1.27 bits per heavy atom. The van der Waals surface area contributed by atoms with Gasteiger partial charge in [0.15, 0.2) is 0 Å². The number of amides is 1. The minimum Gasteiger partial charge on any atom is -0.480 e. The summed E-state index contributed by atoms with van der Waals surface area (Å²) in [4.78, 5) is 22.2. The maximum absolute atomic E-state index is 11.4. The number of aliphatic carboxylic acids is 1. The van der Waals surface area contributed by atoms with Gasteiger partial charge in [-0.2, -0.15) is 0 Å². The van der Waals surface area contributed by atoms with E-state index in [0.29, 0.717) is 6.42 Å². The number of unbranched alkanes of at least 4 members (excludes halogenated alkanes) is 2. The van der Waals surface area contributed by atoms with Gasteiger partial charge in [-0.3, -0.25) is 4.79 Å². The van der Waals surface area contributed by atoms with Crippen molar-refractivity contribution < 1.29 is 14.7 Å². The van der Waals surface area contributed by atoms with E-state index in [1.54, 1.807) is 13.8 Å². The summed E-state index contributed by atoms with van der Waals surface area (Å²) in [5.41, 5.74) is 0. The third kappa shape index (κ3) is 6.10. The lowest BCUT2D eigenvalue weighted by Crippen LogP contribution is -2.44. The van der Waals surface area contributed by atoms with Crippen molar-refractivity contribution in [3.05, 3.63) is 0 Å². The summed E-state index contributed by atoms with van der Waals surface area (Å²) >= 11 is 0. The number of carboxylic acids is 1. The molecular weight excluding hydrogens is 194 g/mol. The van der Waals surface area contributed by atoms with Crippen LogP contribution in [0.1, 0.15) is 46.5 Å². The van der Waals surface area contributed by atoms with E-state index in [4.69, 9.17) is 5.11 Å². The average Bonchev–Trinajstić information content (AvgIpc) is 2.13.